The minimum atomic E-state index is -0.689. The standard InChI is InChI=1S/C10H8O4S/c1-12-7-2-4-8(5-3-7)15-9-6-13-10(11)14-9/h2-6H,1H3. The summed E-state index contributed by atoms with van der Waals surface area (Å²) < 4.78 is 14.3. The fourth-order valence-corrected chi connectivity index (χ4v) is 1.74. The van der Waals surface area contributed by atoms with Gasteiger partial charge in [0.25, 0.3) is 0 Å². The van der Waals surface area contributed by atoms with Crippen molar-refractivity contribution in [3.63, 3.8) is 0 Å². The summed E-state index contributed by atoms with van der Waals surface area (Å²) in [5.74, 6) is 0.0963. The minimum Gasteiger partial charge on any atom is -0.497 e. The summed E-state index contributed by atoms with van der Waals surface area (Å²) in [4.78, 5) is 11.6. The van der Waals surface area contributed by atoms with E-state index in [0.717, 1.165) is 10.6 Å². The molecule has 0 amide bonds. The Kier molecular flexibility index (Phi) is 2.82. The maximum absolute atomic E-state index is 10.6. The molecule has 2 aromatic rings. The molecule has 1 aromatic heterocycles. The van der Waals surface area contributed by atoms with Gasteiger partial charge in [0, 0.05) is 4.90 Å². The third-order valence-corrected chi connectivity index (χ3v) is 2.60. The predicted molar refractivity (Wildman–Crippen MR) is 54.4 cm³/mol. The third-order valence-electron chi connectivity index (χ3n) is 1.71. The molecule has 0 unspecified atom stereocenters. The van der Waals surface area contributed by atoms with E-state index in [0.29, 0.717) is 5.09 Å². The Morgan fingerprint density at radius 1 is 1.27 bits per heavy atom. The molecule has 1 aromatic carbocycles. The monoisotopic (exact) mass is 224 g/mol. The van der Waals surface area contributed by atoms with Gasteiger partial charge in [-0.05, 0) is 36.0 Å². The van der Waals surface area contributed by atoms with Crippen LogP contribution in [0.5, 0.6) is 5.75 Å². The zero-order valence-corrected chi connectivity index (χ0v) is 8.74. The van der Waals surface area contributed by atoms with E-state index in [1.165, 1.54) is 18.0 Å². The molecule has 5 heteroatoms. The summed E-state index contributed by atoms with van der Waals surface area (Å²) in [7, 11) is 1.61. The Morgan fingerprint density at radius 2 is 2.00 bits per heavy atom. The molecule has 0 fully saturated rings. The molecule has 0 saturated heterocycles. The molecule has 0 bridgehead atoms. The first kappa shape index (κ1) is 9.92. The smallest absolute Gasteiger partial charge is 0.497 e. The van der Waals surface area contributed by atoms with Crippen LogP contribution in [0, 0.1) is 0 Å². The van der Waals surface area contributed by atoms with Gasteiger partial charge in [0.05, 0.1) is 7.11 Å². The van der Waals surface area contributed by atoms with Crippen LogP contribution in [0.2, 0.25) is 0 Å². The molecule has 0 aliphatic heterocycles. The van der Waals surface area contributed by atoms with Gasteiger partial charge in [-0.1, -0.05) is 0 Å². The Hall–Kier alpha value is -1.62. The summed E-state index contributed by atoms with van der Waals surface area (Å²) in [6.07, 6.45) is 1.29. The SMILES string of the molecule is COc1ccc(Sc2coc(=O)o2)cc1. The van der Waals surface area contributed by atoms with Gasteiger partial charge in [-0.2, -0.15) is 0 Å². The second-order valence-electron chi connectivity index (χ2n) is 2.68. The summed E-state index contributed by atoms with van der Waals surface area (Å²) in [5, 5.41) is 0.435. The van der Waals surface area contributed by atoms with E-state index in [-0.39, 0.29) is 0 Å². The molecule has 0 aliphatic rings. The summed E-state index contributed by atoms with van der Waals surface area (Å²) in [6, 6.07) is 7.41. The molecular formula is C10H8O4S. The highest BCUT2D eigenvalue weighted by Crippen LogP contribution is 2.27. The predicted octanol–water partition coefficient (Wildman–Crippen LogP) is 2.39. The van der Waals surface area contributed by atoms with E-state index in [1.54, 1.807) is 7.11 Å². The number of ether oxygens (including phenoxy) is 1. The van der Waals surface area contributed by atoms with Crippen molar-refractivity contribution < 1.29 is 13.6 Å². The second-order valence-corrected chi connectivity index (χ2v) is 3.76. The highest BCUT2D eigenvalue weighted by atomic mass is 32.2. The van der Waals surface area contributed by atoms with Crippen molar-refractivity contribution in [2.45, 2.75) is 9.99 Å². The van der Waals surface area contributed by atoms with Crippen LogP contribution in [-0.4, -0.2) is 7.11 Å². The van der Waals surface area contributed by atoms with E-state index in [9.17, 15) is 4.79 Å². The van der Waals surface area contributed by atoms with Gasteiger partial charge in [0.1, 0.15) is 12.0 Å². The highest BCUT2D eigenvalue weighted by Gasteiger charge is 2.03. The summed E-state index contributed by atoms with van der Waals surface area (Å²) in [6.45, 7) is 0. The van der Waals surface area contributed by atoms with Crippen LogP contribution in [0.4, 0.5) is 0 Å². The van der Waals surface area contributed by atoms with E-state index >= 15 is 0 Å². The molecule has 15 heavy (non-hydrogen) atoms. The molecule has 0 radical (unpaired) electrons. The van der Waals surface area contributed by atoms with Crippen molar-refractivity contribution in [2.24, 2.45) is 0 Å². The fraction of sp³-hybridized carbons (Fsp3) is 0.100. The highest BCUT2D eigenvalue weighted by molar-refractivity contribution is 7.99. The van der Waals surface area contributed by atoms with E-state index in [2.05, 4.69) is 4.42 Å². The fourth-order valence-electron chi connectivity index (χ4n) is 1.03. The number of methoxy groups -OCH3 is 1. The van der Waals surface area contributed by atoms with Gasteiger partial charge in [0.15, 0.2) is 0 Å². The lowest BCUT2D eigenvalue weighted by Crippen LogP contribution is -1.85. The second kappa shape index (κ2) is 4.27. The maximum Gasteiger partial charge on any atom is 0.519 e. The van der Waals surface area contributed by atoms with Crippen LogP contribution in [0.3, 0.4) is 0 Å². The number of hydrogen-bond donors (Lipinski definition) is 0. The average Bonchev–Trinajstić information content (AvgIpc) is 2.65. The first-order chi connectivity index (χ1) is 7.28. The van der Waals surface area contributed by atoms with Gasteiger partial charge in [-0.25, -0.2) is 4.79 Å². The van der Waals surface area contributed by atoms with Crippen molar-refractivity contribution in [3.8, 4) is 5.75 Å². The van der Waals surface area contributed by atoms with Crippen molar-refractivity contribution in [3.05, 3.63) is 41.1 Å². The molecule has 0 N–H and O–H groups in total. The molecule has 0 spiro atoms. The van der Waals surface area contributed by atoms with Crippen LogP contribution in [0.15, 0.2) is 54.1 Å². The maximum atomic E-state index is 10.6. The molecule has 2 rings (SSSR count). The zero-order chi connectivity index (χ0) is 10.7. The lowest BCUT2D eigenvalue weighted by Gasteiger charge is -2.00. The average molecular weight is 224 g/mol. The molecule has 4 nitrogen and oxygen atoms in total. The van der Waals surface area contributed by atoms with Crippen LogP contribution < -0.4 is 10.6 Å². The number of benzene rings is 1. The minimum absolute atomic E-state index is 0.435. The lowest BCUT2D eigenvalue weighted by atomic mass is 10.3. The van der Waals surface area contributed by atoms with Crippen molar-refractivity contribution in [2.75, 3.05) is 7.11 Å². The van der Waals surface area contributed by atoms with E-state index in [4.69, 9.17) is 9.15 Å². The van der Waals surface area contributed by atoms with Gasteiger partial charge >= 0.3 is 5.82 Å². The normalized spacial score (nSPS) is 10.2. The Balaban J connectivity index is 2.14. The van der Waals surface area contributed by atoms with Crippen LogP contribution >= 0.6 is 11.8 Å². The topological polar surface area (TPSA) is 52.6 Å². The van der Waals surface area contributed by atoms with Gasteiger partial charge < -0.3 is 13.6 Å². The Morgan fingerprint density at radius 3 is 2.53 bits per heavy atom. The van der Waals surface area contributed by atoms with Crippen LogP contribution in [-0.2, 0) is 0 Å². The van der Waals surface area contributed by atoms with Gasteiger partial charge in [-0.3, -0.25) is 0 Å². The van der Waals surface area contributed by atoms with Crippen molar-refractivity contribution >= 4 is 11.8 Å². The number of hydrogen-bond acceptors (Lipinski definition) is 5. The first-order valence-electron chi connectivity index (χ1n) is 4.18. The van der Waals surface area contributed by atoms with Crippen LogP contribution in [0.25, 0.3) is 0 Å². The molecule has 0 aliphatic carbocycles. The van der Waals surface area contributed by atoms with E-state index < -0.39 is 5.82 Å². The summed E-state index contributed by atoms with van der Waals surface area (Å²) in [5.41, 5.74) is 0. The molecule has 0 atom stereocenters. The number of rotatable bonds is 3. The van der Waals surface area contributed by atoms with Gasteiger partial charge in [-0.15, -0.1) is 0 Å². The Bertz CT molecular complexity index is 483. The van der Waals surface area contributed by atoms with Gasteiger partial charge in [0.2, 0.25) is 5.09 Å². The van der Waals surface area contributed by atoms with Crippen LogP contribution in [0.1, 0.15) is 0 Å². The molecule has 78 valence electrons. The van der Waals surface area contributed by atoms with Crippen molar-refractivity contribution in [1.29, 1.82) is 0 Å². The molecule has 1 heterocycles. The molecule has 0 saturated carbocycles. The first-order valence-corrected chi connectivity index (χ1v) is 5.00. The largest absolute Gasteiger partial charge is 0.519 e. The molecular weight excluding hydrogens is 216 g/mol. The third kappa shape index (κ3) is 2.44. The van der Waals surface area contributed by atoms with E-state index in [1.807, 2.05) is 24.3 Å². The summed E-state index contributed by atoms with van der Waals surface area (Å²) >= 11 is 1.31. The van der Waals surface area contributed by atoms with Crippen molar-refractivity contribution in [1.82, 2.24) is 0 Å². The Labute approximate surface area is 89.9 Å². The quantitative estimate of drug-likeness (QED) is 0.801. The zero-order valence-electron chi connectivity index (χ0n) is 7.93. The lowest BCUT2D eigenvalue weighted by molar-refractivity contribution is 0.359.